The van der Waals surface area contributed by atoms with Gasteiger partial charge in [0.05, 0.1) is 22.1 Å². The molecule has 14 aromatic rings. The maximum Gasteiger partial charge on any atom is 0.182 e. The van der Waals surface area contributed by atoms with Crippen LogP contribution in [0.4, 0.5) is 0 Å². The van der Waals surface area contributed by atoms with E-state index >= 15 is 0 Å². The van der Waals surface area contributed by atoms with Gasteiger partial charge in [-0.25, -0.2) is 0 Å². The number of rotatable bonds is 4. The molecule has 1 spiro atoms. The highest BCUT2D eigenvalue weighted by molar-refractivity contribution is 7.24. The Hall–Kier alpha value is -9.54. The van der Waals surface area contributed by atoms with Crippen molar-refractivity contribution in [1.82, 2.24) is 9.13 Å². The van der Waals surface area contributed by atoms with Crippen LogP contribution in [0, 0.1) is 0 Å². The molecule has 0 fully saturated rings. The molecule has 380 valence electrons. The Morgan fingerprint density at radius 1 is 0.247 bits per heavy atom. The Bertz CT molecular complexity index is 4710. The molecular weight excluding hydrogens is 993 g/mol. The highest BCUT2D eigenvalue weighted by atomic mass is 28.3. The summed E-state index contributed by atoms with van der Waals surface area (Å²) in [5.74, 6) is 0. The molecule has 4 heterocycles. The van der Waals surface area contributed by atoms with E-state index in [1.807, 2.05) is 0 Å². The van der Waals surface area contributed by atoms with E-state index in [1.165, 1.54) is 165 Å². The lowest BCUT2D eigenvalue weighted by atomic mass is 9.81. The minimum absolute atomic E-state index is 0.118. The molecule has 4 aliphatic rings. The van der Waals surface area contributed by atoms with E-state index in [9.17, 15) is 0 Å². The van der Waals surface area contributed by atoms with Crippen molar-refractivity contribution in [3.8, 4) is 78.1 Å². The van der Waals surface area contributed by atoms with Crippen molar-refractivity contribution >= 4 is 72.4 Å². The molecule has 0 radical (unpaired) electrons. The van der Waals surface area contributed by atoms with Gasteiger partial charge in [0.2, 0.25) is 0 Å². The highest BCUT2D eigenvalue weighted by Gasteiger charge is 2.55. The van der Waals surface area contributed by atoms with E-state index in [-0.39, 0.29) is 10.8 Å². The van der Waals surface area contributed by atoms with Gasteiger partial charge in [0, 0.05) is 43.7 Å². The molecular formula is C78H54N2Si. The quantitative estimate of drug-likeness (QED) is 0.156. The van der Waals surface area contributed by atoms with E-state index in [0.29, 0.717) is 0 Å². The van der Waals surface area contributed by atoms with E-state index in [4.69, 9.17) is 0 Å². The summed E-state index contributed by atoms with van der Waals surface area (Å²) < 4.78 is 5.05. The summed E-state index contributed by atoms with van der Waals surface area (Å²) in [7, 11) is -3.27. The maximum atomic E-state index is 2.65. The summed E-state index contributed by atoms with van der Waals surface area (Å²) in [6.45, 7) is 9.60. The van der Waals surface area contributed by atoms with Gasteiger partial charge in [-0.1, -0.05) is 222 Å². The smallest absolute Gasteiger partial charge is 0.182 e. The summed E-state index contributed by atoms with van der Waals surface area (Å²) in [5.41, 5.74) is 28.4. The zero-order chi connectivity index (χ0) is 53.7. The Kier molecular flexibility index (Phi) is 8.87. The van der Waals surface area contributed by atoms with Crippen molar-refractivity contribution in [1.29, 1.82) is 0 Å². The number of nitrogens with zero attached hydrogens (tertiary/aromatic N) is 2. The molecule has 2 aliphatic heterocycles. The lowest BCUT2D eigenvalue weighted by Gasteiger charge is -2.29. The van der Waals surface area contributed by atoms with Gasteiger partial charge in [-0.05, 0) is 170 Å². The number of fused-ring (bicyclic) bond motifs is 22. The molecule has 0 saturated heterocycles. The van der Waals surface area contributed by atoms with Crippen LogP contribution in [0.25, 0.3) is 122 Å². The average molecular weight is 1050 g/mol. The van der Waals surface area contributed by atoms with E-state index in [1.54, 1.807) is 0 Å². The van der Waals surface area contributed by atoms with Gasteiger partial charge in [-0.15, -0.1) is 0 Å². The SMILES string of the molecule is CC1(C)c2ccccc2-c2ccc(-c3ccc4c(c3)[Si]3(c5cc(-c6ccc7c(c6)C(C)(C)c6ccccc6-7)ccc5-c5ccc(-n6c7ccccc7c7ccccc76)cc53)c3cc(-n5c6ccccc6c6ccccc65)ccc3-4)cc21. The molecule has 2 aliphatic carbocycles. The minimum atomic E-state index is -3.27. The fourth-order valence-electron chi connectivity index (χ4n) is 16.0. The van der Waals surface area contributed by atoms with Crippen molar-refractivity contribution in [2.24, 2.45) is 0 Å². The summed E-state index contributed by atoms with van der Waals surface area (Å²) in [6.07, 6.45) is 0. The molecule has 2 nitrogen and oxygen atoms in total. The Morgan fingerprint density at radius 2 is 0.531 bits per heavy atom. The van der Waals surface area contributed by atoms with Crippen LogP contribution in [0.5, 0.6) is 0 Å². The van der Waals surface area contributed by atoms with Crippen LogP contribution in [-0.2, 0) is 10.8 Å². The summed E-state index contributed by atoms with van der Waals surface area (Å²) in [4.78, 5) is 0. The van der Waals surface area contributed by atoms with Crippen molar-refractivity contribution in [2.75, 3.05) is 0 Å². The Balaban J connectivity index is 0.938. The second-order valence-corrected chi connectivity index (χ2v) is 28.0. The van der Waals surface area contributed by atoms with Gasteiger partial charge in [0.1, 0.15) is 0 Å². The number of aromatic nitrogens is 2. The Labute approximate surface area is 472 Å². The first-order valence-electron chi connectivity index (χ1n) is 28.7. The lowest BCUT2D eigenvalue weighted by Crippen LogP contribution is -2.71. The van der Waals surface area contributed by atoms with Crippen molar-refractivity contribution in [3.63, 3.8) is 0 Å². The first-order chi connectivity index (χ1) is 39.7. The van der Waals surface area contributed by atoms with Crippen LogP contribution in [0.1, 0.15) is 49.9 Å². The molecule has 2 aromatic heterocycles. The first-order valence-corrected chi connectivity index (χ1v) is 30.7. The molecule has 12 aromatic carbocycles. The van der Waals surface area contributed by atoms with Crippen LogP contribution in [0.15, 0.2) is 255 Å². The van der Waals surface area contributed by atoms with E-state index in [2.05, 4.69) is 292 Å². The molecule has 18 rings (SSSR count). The van der Waals surface area contributed by atoms with E-state index in [0.717, 1.165) is 0 Å². The van der Waals surface area contributed by atoms with Crippen LogP contribution < -0.4 is 20.7 Å². The fourth-order valence-corrected chi connectivity index (χ4v) is 21.7. The van der Waals surface area contributed by atoms with Gasteiger partial charge in [0.25, 0.3) is 0 Å². The van der Waals surface area contributed by atoms with Crippen LogP contribution in [0.2, 0.25) is 0 Å². The predicted octanol–water partition coefficient (Wildman–Crippen LogP) is 17.2. The predicted molar refractivity (Wildman–Crippen MR) is 343 cm³/mol. The standard InChI is InChI=1S/C78H54N2Si/c1-77(2)65-23-11-5-17-53(65)55-35-29-47(41-67(55)77)49-31-37-61-63-39-33-51(79-69-25-13-7-19-57(69)58-20-8-14-26-70(58)79)45-75(63)81(73(61)43-49)74-44-50(48-30-36-56-54-18-6-12-24-66(54)78(3,4)68(56)42-48)32-38-62(74)64-40-34-52(46-76(64)81)80-71-27-15-9-21-59(71)60-22-10-16-28-72(60)80/h5-46H,1-4H3. The van der Waals surface area contributed by atoms with Crippen LogP contribution in [0.3, 0.4) is 0 Å². The first kappa shape index (κ1) is 45.3. The van der Waals surface area contributed by atoms with Gasteiger partial charge >= 0.3 is 0 Å². The zero-order valence-electron chi connectivity index (χ0n) is 45.6. The maximum absolute atomic E-state index is 3.27. The van der Waals surface area contributed by atoms with Crippen molar-refractivity contribution in [2.45, 2.75) is 38.5 Å². The number of para-hydroxylation sites is 4. The zero-order valence-corrected chi connectivity index (χ0v) is 46.6. The normalized spacial score (nSPS) is 15.0. The van der Waals surface area contributed by atoms with Crippen LogP contribution >= 0.6 is 0 Å². The highest BCUT2D eigenvalue weighted by Crippen LogP contribution is 2.52. The third kappa shape index (κ3) is 5.81. The van der Waals surface area contributed by atoms with Crippen molar-refractivity contribution < 1.29 is 0 Å². The van der Waals surface area contributed by atoms with Gasteiger partial charge in [-0.2, -0.15) is 0 Å². The number of hydrogen-bond donors (Lipinski definition) is 0. The second kappa shape index (κ2) is 15.8. The Morgan fingerprint density at radius 3 is 0.914 bits per heavy atom. The molecule has 0 saturated carbocycles. The fraction of sp³-hybridized carbons (Fsp3) is 0.0769. The third-order valence-corrected chi connectivity index (χ3v) is 24.6. The molecule has 0 amide bonds. The number of benzene rings is 12. The van der Waals surface area contributed by atoms with Gasteiger partial charge in [0.15, 0.2) is 8.07 Å². The number of hydrogen-bond acceptors (Lipinski definition) is 0. The van der Waals surface area contributed by atoms with Gasteiger partial charge < -0.3 is 9.13 Å². The molecule has 3 heteroatoms. The molecule has 0 bridgehead atoms. The minimum Gasteiger partial charge on any atom is -0.309 e. The molecule has 0 N–H and O–H groups in total. The van der Waals surface area contributed by atoms with Crippen molar-refractivity contribution in [3.05, 3.63) is 277 Å². The lowest BCUT2D eigenvalue weighted by molar-refractivity contribution is 0.660. The third-order valence-electron chi connectivity index (χ3n) is 19.8. The molecule has 0 unspecified atom stereocenters. The molecule has 81 heavy (non-hydrogen) atoms. The topological polar surface area (TPSA) is 9.86 Å². The largest absolute Gasteiger partial charge is 0.309 e. The summed E-state index contributed by atoms with van der Waals surface area (Å²) in [5, 5.41) is 10.9. The van der Waals surface area contributed by atoms with E-state index < -0.39 is 8.07 Å². The summed E-state index contributed by atoms with van der Waals surface area (Å²) >= 11 is 0. The average Bonchev–Trinajstić information content (AvgIpc) is 2.13. The molecule has 0 atom stereocenters. The summed E-state index contributed by atoms with van der Waals surface area (Å²) in [6, 6.07) is 98.5. The van der Waals surface area contributed by atoms with Gasteiger partial charge in [-0.3, -0.25) is 0 Å². The monoisotopic (exact) mass is 1050 g/mol. The second-order valence-electron chi connectivity index (χ2n) is 24.3. The van der Waals surface area contributed by atoms with Crippen LogP contribution in [-0.4, -0.2) is 17.2 Å².